The van der Waals surface area contributed by atoms with E-state index >= 15 is 0 Å². The number of nitrogens with two attached hydrogens (primary N) is 1. The molecule has 0 unspecified atom stereocenters. The van der Waals surface area contributed by atoms with E-state index in [1.165, 1.54) is 19.1 Å². The van der Waals surface area contributed by atoms with E-state index in [0.717, 1.165) is 36.4 Å². The first kappa shape index (κ1) is 38.1. The van der Waals surface area contributed by atoms with E-state index < -0.39 is 78.0 Å². The highest BCUT2D eigenvalue weighted by molar-refractivity contribution is 7.86. The molecule has 21 nitrogen and oxygen atoms in total. The van der Waals surface area contributed by atoms with Crippen molar-refractivity contribution in [2.75, 3.05) is 16.4 Å². The maximum atomic E-state index is 12.3. The van der Waals surface area contributed by atoms with Crippen LogP contribution in [0.3, 0.4) is 0 Å². The number of phenolic OH excluding ortho intramolecular Hbond substituents is 1. The summed E-state index contributed by atoms with van der Waals surface area (Å²) in [7, 11) is -19.6. The molecule has 52 heavy (non-hydrogen) atoms. The number of rotatable bonds is 10. The van der Waals surface area contributed by atoms with E-state index in [4.69, 9.17) is 17.3 Å². The van der Waals surface area contributed by atoms with Gasteiger partial charge in [0.15, 0.2) is 5.75 Å². The molecule has 0 saturated carbocycles. The van der Waals surface area contributed by atoms with Crippen LogP contribution in [0, 0.1) is 6.92 Å². The standard InChI is InChI=1S/C26H21ClN8O13S4/c1-11-6-14(49(37,38)39)3-4-17(11)30-26-32-24(27)31-25(33-26)29-13-2-5-19(51(43,44)45)18(9-13)34-35-22-20(52(46,47)48)8-12-7-15(50(40,41)42)10-16(28)21(12)23(22)36/h2-10,36H,28H2,1H3,(H,37,38,39)(H,40,41,42)(H,43,44,45)(H,46,47,48)(H2,29,30,31,32,33). The summed E-state index contributed by atoms with van der Waals surface area (Å²) < 4.78 is 134. The number of aromatic nitrogens is 3. The number of nitrogens with zero attached hydrogens (tertiary/aromatic N) is 5. The van der Waals surface area contributed by atoms with E-state index in [1.807, 2.05) is 0 Å². The first-order valence-corrected chi connectivity index (χ1v) is 19.7. The van der Waals surface area contributed by atoms with E-state index in [9.17, 15) is 57.0 Å². The Bertz CT molecular complexity index is 2800. The van der Waals surface area contributed by atoms with Gasteiger partial charge in [0.2, 0.25) is 17.2 Å². The molecule has 274 valence electrons. The second-order valence-electron chi connectivity index (χ2n) is 10.4. The smallest absolute Gasteiger partial charge is 0.296 e. The Kier molecular flexibility index (Phi) is 9.86. The highest BCUT2D eigenvalue weighted by Crippen LogP contribution is 2.45. The van der Waals surface area contributed by atoms with E-state index in [1.54, 1.807) is 0 Å². The van der Waals surface area contributed by atoms with Gasteiger partial charge >= 0.3 is 0 Å². The molecule has 4 aromatic carbocycles. The Hall–Kier alpha value is -5.12. The van der Waals surface area contributed by atoms with Crippen LogP contribution >= 0.6 is 11.6 Å². The van der Waals surface area contributed by atoms with Crippen molar-refractivity contribution in [3.8, 4) is 5.75 Å². The number of aryl methyl sites for hydroxylation is 1. The fourth-order valence-electron chi connectivity index (χ4n) is 4.58. The molecular formula is C26H21ClN8O13S4. The lowest BCUT2D eigenvalue weighted by Crippen LogP contribution is -2.06. The van der Waals surface area contributed by atoms with E-state index in [-0.39, 0.29) is 38.5 Å². The van der Waals surface area contributed by atoms with Crippen LogP contribution in [0.1, 0.15) is 5.56 Å². The van der Waals surface area contributed by atoms with Crippen LogP contribution in [-0.4, -0.2) is 71.9 Å². The Labute approximate surface area is 298 Å². The van der Waals surface area contributed by atoms with Gasteiger partial charge in [-0.15, -0.1) is 10.2 Å². The fourth-order valence-corrected chi connectivity index (χ4v) is 7.12. The lowest BCUT2D eigenvalue weighted by molar-refractivity contribution is 0.472. The predicted molar refractivity (Wildman–Crippen MR) is 182 cm³/mol. The summed E-state index contributed by atoms with van der Waals surface area (Å²) >= 11 is 6.05. The quantitative estimate of drug-likeness (QED) is 0.0557. The minimum Gasteiger partial charge on any atom is -0.505 e. The Morgan fingerprint density at radius 2 is 1.31 bits per heavy atom. The number of benzene rings is 4. The number of hydrogen-bond donors (Lipinski definition) is 8. The molecule has 0 aliphatic heterocycles. The van der Waals surface area contributed by atoms with Crippen molar-refractivity contribution in [3.05, 3.63) is 65.4 Å². The van der Waals surface area contributed by atoms with Crippen molar-refractivity contribution in [2.24, 2.45) is 10.2 Å². The van der Waals surface area contributed by atoms with Crippen LogP contribution in [-0.2, 0) is 40.5 Å². The van der Waals surface area contributed by atoms with Crippen LogP contribution < -0.4 is 16.4 Å². The normalized spacial score (nSPS) is 12.7. The van der Waals surface area contributed by atoms with Crippen LogP contribution in [0.25, 0.3) is 10.8 Å². The molecule has 0 radical (unpaired) electrons. The van der Waals surface area contributed by atoms with Gasteiger partial charge in [-0.2, -0.15) is 48.6 Å². The van der Waals surface area contributed by atoms with Crippen LogP contribution in [0.5, 0.6) is 5.75 Å². The molecule has 0 spiro atoms. The lowest BCUT2D eigenvalue weighted by atomic mass is 10.1. The number of nitrogens with one attached hydrogen (secondary N) is 2. The second-order valence-corrected chi connectivity index (χ2v) is 16.4. The minimum atomic E-state index is -5.27. The third kappa shape index (κ3) is 8.33. The molecule has 5 rings (SSSR count). The zero-order chi connectivity index (χ0) is 38.6. The lowest BCUT2D eigenvalue weighted by Gasteiger charge is -2.12. The second kappa shape index (κ2) is 13.5. The number of nitrogen functional groups attached to an aromatic ring is 1. The molecule has 9 N–H and O–H groups in total. The summed E-state index contributed by atoms with van der Waals surface area (Å²) in [5.41, 5.74) is 4.34. The summed E-state index contributed by atoms with van der Waals surface area (Å²) in [5, 5.41) is 22.6. The van der Waals surface area contributed by atoms with Crippen molar-refractivity contribution in [1.29, 1.82) is 0 Å². The number of anilines is 5. The van der Waals surface area contributed by atoms with E-state index in [2.05, 4.69) is 35.8 Å². The Morgan fingerprint density at radius 1 is 0.692 bits per heavy atom. The molecule has 0 saturated heterocycles. The predicted octanol–water partition coefficient (Wildman–Crippen LogP) is 4.16. The van der Waals surface area contributed by atoms with Crippen molar-refractivity contribution in [3.63, 3.8) is 0 Å². The third-order valence-corrected chi connectivity index (χ3v) is 10.4. The molecule has 1 heterocycles. The average molecular weight is 817 g/mol. The number of fused-ring (bicyclic) bond motifs is 1. The summed E-state index contributed by atoms with van der Waals surface area (Å²) in [6.45, 7) is 1.52. The molecule has 0 amide bonds. The third-order valence-electron chi connectivity index (χ3n) is 6.83. The summed E-state index contributed by atoms with van der Waals surface area (Å²) in [6.07, 6.45) is 0. The topological polar surface area (TPSA) is 351 Å². The minimum absolute atomic E-state index is 0.0389. The van der Waals surface area contributed by atoms with Crippen LogP contribution in [0.4, 0.5) is 40.3 Å². The maximum absolute atomic E-state index is 12.3. The van der Waals surface area contributed by atoms with Gasteiger partial charge in [0.25, 0.3) is 40.5 Å². The molecule has 26 heteroatoms. The van der Waals surface area contributed by atoms with E-state index in [0.29, 0.717) is 17.3 Å². The van der Waals surface area contributed by atoms with Crippen LogP contribution in [0.2, 0.25) is 5.28 Å². The zero-order valence-corrected chi connectivity index (χ0v) is 29.5. The zero-order valence-electron chi connectivity index (χ0n) is 25.5. The average Bonchev–Trinajstić information content (AvgIpc) is 2.99. The van der Waals surface area contributed by atoms with Gasteiger partial charge in [0, 0.05) is 22.4 Å². The monoisotopic (exact) mass is 816 g/mol. The van der Waals surface area contributed by atoms with Crippen molar-refractivity contribution >= 4 is 103 Å². The fraction of sp³-hybridized carbons (Fsp3) is 0.0385. The van der Waals surface area contributed by atoms with Crippen LogP contribution in [0.15, 0.2) is 84.4 Å². The number of aromatic hydroxyl groups is 1. The Balaban J connectivity index is 1.57. The molecule has 0 atom stereocenters. The highest BCUT2D eigenvalue weighted by Gasteiger charge is 2.25. The van der Waals surface area contributed by atoms with Gasteiger partial charge in [0.05, 0.1) is 9.79 Å². The molecular weight excluding hydrogens is 796 g/mol. The molecule has 0 aliphatic rings. The Morgan fingerprint density at radius 3 is 1.88 bits per heavy atom. The molecule has 0 fully saturated rings. The SMILES string of the molecule is Cc1cc(S(=O)(=O)O)ccc1Nc1nc(Cl)nc(Nc2ccc(S(=O)(=O)O)c(N=Nc3c(S(=O)(=O)O)cc4cc(S(=O)(=O)O)cc(N)c4c3O)c2)n1. The van der Waals surface area contributed by atoms with Gasteiger partial charge in [-0.1, -0.05) is 0 Å². The first-order chi connectivity index (χ1) is 23.9. The van der Waals surface area contributed by atoms with Gasteiger partial charge in [-0.25, -0.2) is 0 Å². The number of hydrogen-bond acceptors (Lipinski definition) is 17. The van der Waals surface area contributed by atoms with Crippen molar-refractivity contribution < 1.29 is 57.0 Å². The van der Waals surface area contributed by atoms with Crippen molar-refractivity contribution in [1.82, 2.24) is 15.0 Å². The summed E-state index contributed by atoms with van der Waals surface area (Å²) in [5.74, 6) is -1.47. The largest absolute Gasteiger partial charge is 0.505 e. The van der Waals surface area contributed by atoms with Gasteiger partial charge < -0.3 is 21.5 Å². The number of phenols is 1. The maximum Gasteiger partial charge on any atom is 0.296 e. The summed E-state index contributed by atoms with van der Waals surface area (Å²) in [6, 6.07) is 8.70. The number of halogens is 1. The molecule has 0 bridgehead atoms. The molecule has 0 aliphatic carbocycles. The van der Waals surface area contributed by atoms with Crippen molar-refractivity contribution in [2.45, 2.75) is 26.5 Å². The number of azo groups is 1. The summed E-state index contributed by atoms with van der Waals surface area (Å²) in [4.78, 5) is 8.81. The first-order valence-electron chi connectivity index (χ1n) is 13.5. The van der Waals surface area contributed by atoms with Gasteiger partial charge in [-0.05, 0) is 84.1 Å². The molecule has 1 aromatic heterocycles. The van der Waals surface area contributed by atoms with Gasteiger partial charge in [0.1, 0.15) is 21.2 Å². The van der Waals surface area contributed by atoms with Gasteiger partial charge in [-0.3, -0.25) is 18.2 Å². The highest BCUT2D eigenvalue weighted by atomic mass is 35.5. The molecule has 5 aromatic rings.